The topological polar surface area (TPSA) is 26.3 Å². The highest BCUT2D eigenvalue weighted by atomic mass is 16.3. The van der Waals surface area contributed by atoms with Crippen molar-refractivity contribution in [1.82, 2.24) is 0 Å². The third-order valence-corrected chi connectivity index (χ3v) is 19.4. The van der Waals surface area contributed by atoms with Crippen LogP contribution in [0.3, 0.4) is 0 Å². The van der Waals surface area contributed by atoms with E-state index in [9.17, 15) is 11.0 Å². The van der Waals surface area contributed by atoms with E-state index in [0.717, 1.165) is 97.3 Å². The normalized spacial score (nSPS) is 14.3. The van der Waals surface area contributed by atoms with E-state index in [1.165, 1.54) is 0 Å². The quantitative estimate of drug-likeness (QED) is 0.161. The van der Waals surface area contributed by atoms with Crippen LogP contribution >= 0.6 is 0 Å². The largest absolute Gasteiger partial charge is 0.456 e. The summed E-state index contributed by atoms with van der Waals surface area (Å²) in [7, 11) is 0. The van der Waals surface area contributed by atoms with E-state index in [-0.39, 0.29) is 97.0 Å². The zero-order chi connectivity index (χ0) is 76.9. The molecule has 2 aromatic heterocycles. The lowest BCUT2D eigenvalue weighted by molar-refractivity contribution is 0.669. The van der Waals surface area contributed by atoms with Crippen LogP contribution in [0.4, 0.5) is 0 Å². The van der Waals surface area contributed by atoms with Crippen molar-refractivity contribution in [3.63, 3.8) is 0 Å². The van der Waals surface area contributed by atoms with Gasteiger partial charge in [-0.15, -0.1) is 0 Å². The van der Waals surface area contributed by atoms with Gasteiger partial charge in [0.05, 0.1) is 21.9 Å². The van der Waals surface area contributed by atoms with Crippen LogP contribution < -0.4 is 0 Å². The minimum absolute atomic E-state index is 0.160. The van der Waals surface area contributed by atoms with Gasteiger partial charge in [-0.25, -0.2) is 0 Å². The summed E-state index contributed by atoms with van der Waals surface area (Å²) in [5.74, 6) is 0. The third-order valence-electron chi connectivity index (χ3n) is 19.4. The fourth-order valence-electron chi connectivity index (χ4n) is 15.3. The minimum Gasteiger partial charge on any atom is -0.456 e. The smallest absolute Gasteiger partial charge is 0.136 e. The van der Waals surface area contributed by atoms with Gasteiger partial charge in [0.2, 0.25) is 0 Å². The monoisotopic (exact) mass is 1230 g/mol. The van der Waals surface area contributed by atoms with Gasteiger partial charge in [0.1, 0.15) is 22.3 Å². The summed E-state index contributed by atoms with van der Waals surface area (Å²) in [4.78, 5) is 0. The number of hydrogen-bond acceptors (Lipinski definition) is 2. The molecule has 0 aliphatic rings. The fourth-order valence-corrected chi connectivity index (χ4v) is 15.3. The van der Waals surface area contributed by atoms with Gasteiger partial charge in [0.15, 0.2) is 0 Å². The lowest BCUT2D eigenvalue weighted by atomic mass is 9.83. The average Bonchev–Trinajstić information content (AvgIpc) is 0.851. The molecule has 2 heteroatoms. The predicted octanol–water partition coefficient (Wildman–Crippen LogP) is 27.0. The molecule has 0 spiro atoms. The van der Waals surface area contributed by atoms with Crippen LogP contribution in [0.1, 0.15) is 21.9 Å². The van der Waals surface area contributed by atoms with E-state index < -0.39 is 48.3 Å². The second-order valence-electron chi connectivity index (χ2n) is 24.3. The summed E-state index contributed by atoms with van der Waals surface area (Å²) in [6.07, 6.45) is 0. The molecule has 96 heavy (non-hydrogen) atoms. The Morgan fingerprint density at radius 1 is 0.188 bits per heavy atom. The molecule has 0 fully saturated rings. The molecular formula is C94H56O2. The van der Waals surface area contributed by atoms with E-state index in [1.54, 1.807) is 0 Å². The molecule has 0 aliphatic heterocycles. The summed E-state index contributed by atoms with van der Waals surface area (Å²) >= 11 is 0. The molecule has 0 amide bonds. The molecule has 0 saturated carbocycles. The standard InChI is InChI=1S/C50H30O.C44H26O/c1-3-15-35-31(12-1)14-11-23-36(35)33-24-26-34(27-25-33)47-40-19-7-9-21-42(40)48(43-22-10-8-20-41(43)47)44-30-46-50(39-18-6-5-17-38(39)44)49-37-16-4-2-13-32(37)28-29-45(49)51-46;1-3-15-29-27(12-1)14-11-23-32(29)41-34-19-7-9-21-36(34)42(37-22-10-8-20-35(37)41)38-26-40-44(33-18-6-5-17-31(33)38)43-30-16-4-2-13-28(30)24-25-39(43)45-40/h1-30H;1-26H/i2*7D,8D,9D,10D,19D,20D,21D,22D. The molecule has 0 N–H and O–H groups in total. The molecule has 0 atom stereocenters. The van der Waals surface area contributed by atoms with Crippen LogP contribution in [0.5, 0.6) is 0 Å². The van der Waals surface area contributed by atoms with E-state index in [2.05, 4.69) is 48.5 Å². The molecule has 2 heterocycles. The summed E-state index contributed by atoms with van der Waals surface area (Å²) < 4.78 is 160. The van der Waals surface area contributed by atoms with Gasteiger partial charge in [-0.3, -0.25) is 0 Å². The highest BCUT2D eigenvalue weighted by Gasteiger charge is 2.25. The lowest BCUT2D eigenvalue weighted by Gasteiger charge is -2.20. The Morgan fingerprint density at radius 3 is 0.896 bits per heavy atom. The molecule has 0 aliphatic carbocycles. The Bertz CT molecular complexity index is 7670. The van der Waals surface area contributed by atoms with Crippen molar-refractivity contribution in [2.24, 2.45) is 0 Å². The van der Waals surface area contributed by atoms with Crippen molar-refractivity contribution < 1.29 is 30.8 Å². The van der Waals surface area contributed by atoms with Crippen molar-refractivity contribution in [3.05, 3.63) is 339 Å². The Kier molecular flexibility index (Phi) is 9.03. The van der Waals surface area contributed by atoms with Gasteiger partial charge < -0.3 is 8.83 Å². The third kappa shape index (κ3) is 8.19. The molecule has 19 aromatic carbocycles. The van der Waals surface area contributed by atoms with Crippen molar-refractivity contribution in [2.75, 3.05) is 0 Å². The molecule has 0 radical (unpaired) electrons. The number of furan rings is 2. The zero-order valence-corrected chi connectivity index (χ0v) is 50.9. The first-order chi connectivity index (χ1) is 54.3. The molecule has 0 bridgehead atoms. The van der Waals surface area contributed by atoms with Gasteiger partial charge in [0.25, 0.3) is 0 Å². The maximum Gasteiger partial charge on any atom is 0.136 e. The lowest BCUT2D eigenvalue weighted by Crippen LogP contribution is -1.92. The first kappa shape index (κ1) is 40.4. The highest BCUT2D eigenvalue weighted by molar-refractivity contribution is 6.33. The highest BCUT2D eigenvalue weighted by Crippen LogP contribution is 2.52. The van der Waals surface area contributed by atoms with E-state index in [0.29, 0.717) is 61.3 Å². The zero-order valence-electron chi connectivity index (χ0n) is 66.9. The SMILES string of the molecule is [2H]c1c([2H])c([2H])c2c(-c3cc4oc5ccc6ccccc6c5c4c4ccccc34)c3c([2H])c([2H])c([2H])c([2H])c3c(-c3ccc(-c4cccc5ccccc45)cc3)c2c1[2H].[2H]c1c([2H])c([2H])c2c(-c3cc4oc5ccc6ccccc6c5c4c4ccccc34)c3c([2H])c([2H])c([2H])c([2H])c3c(-c3cccc4ccccc34)c2c1[2H]. The van der Waals surface area contributed by atoms with Crippen molar-refractivity contribution >= 4 is 152 Å². The molecule has 0 unspecified atom stereocenters. The van der Waals surface area contributed by atoms with Gasteiger partial charge in [-0.05, 0) is 188 Å². The van der Waals surface area contributed by atoms with Crippen molar-refractivity contribution in [3.8, 4) is 55.6 Å². The summed E-state index contributed by atoms with van der Waals surface area (Å²) in [6, 6.07) is 72.7. The number of fused-ring (bicyclic) bond motifs is 20. The molecule has 21 rings (SSSR count). The Labute approximate surface area is 574 Å². The number of rotatable bonds is 5. The second-order valence-corrected chi connectivity index (χ2v) is 24.3. The van der Waals surface area contributed by atoms with E-state index in [4.69, 9.17) is 19.8 Å². The number of benzene rings is 19. The van der Waals surface area contributed by atoms with E-state index >= 15 is 0 Å². The Morgan fingerprint density at radius 2 is 0.479 bits per heavy atom. The van der Waals surface area contributed by atoms with Gasteiger partial charge in [-0.1, -0.05) is 315 Å². The molecular weight excluding hydrogens is 1160 g/mol. The molecule has 21 aromatic rings. The van der Waals surface area contributed by atoms with Gasteiger partial charge in [0, 0.05) is 21.5 Å². The average molecular weight is 1230 g/mol. The maximum atomic E-state index is 9.54. The summed E-state index contributed by atoms with van der Waals surface area (Å²) in [5, 5.41) is 16.2. The maximum absolute atomic E-state index is 9.54. The Hall–Kier alpha value is -12.6. The second kappa shape index (κ2) is 21.5. The summed E-state index contributed by atoms with van der Waals surface area (Å²) in [6.45, 7) is 0. The van der Waals surface area contributed by atoms with Crippen molar-refractivity contribution in [1.29, 1.82) is 0 Å². The van der Waals surface area contributed by atoms with Crippen LogP contribution in [-0.4, -0.2) is 0 Å². The molecule has 2 nitrogen and oxygen atoms in total. The van der Waals surface area contributed by atoms with Crippen molar-refractivity contribution in [2.45, 2.75) is 0 Å². The number of hydrogen-bond donors (Lipinski definition) is 0. The minimum atomic E-state index is -0.443. The van der Waals surface area contributed by atoms with Gasteiger partial charge >= 0.3 is 0 Å². The molecule has 444 valence electrons. The van der Waals surface area contributed by atoms with Crippen LogP contribution in [-0.2, 0) is 0 Å². The van der Waals surface area contributed by atoms with Crippen LogP contribution in [0, 0.1) is 0 Å². The Balaban J connectivity index is 0.000000147. The first-order valence-corrected chi connectivity index (χ1v) is 31.8. The first-order valence-electron chi connectivity index (χ1n) is 39.8. The fraction of sp³-hybridized carbons (Fsp3) is 0. The van der Waals surface area contributed by atoms with Crippen LogP contribution in [0.15, 0.2) is 348 Å². The van der Waals surface area contributed by atoms with E-state index in [1.807, 2.05) is 194 Å². The van der Waals surface area contributed by atoms with Crippen LogP contribution in [0.2, 0.25) is 0 Å². The van der Waals surface area contributed by atoms with Crippen LogP contribution in [0.25, 0.3) is 207 Å². The summed E-state index contributed by atoms with van der Waals surface area (Å²) in [5.41, 5.74) is 7.83. The van der Waals surface area contributed by atoms with Gasteiger partial charge in [-0.2, -0.15) is 0 Å². The molecule has 0 saturated heterocycles. The predicted molar refractivity (Wildman–Crippen MR) is 410 cm³/mol.